The molecule has 29 heavy (non-hydrogen) atoms. The Morgan fingerprint density at radius 1 is 1.14 bits per heavy atom. The van der Waals surface area contributed by atoms with E-state index in [0.29, 0.717) is 17.0 Å². The Labute approximate surface area is 169 Å². The monoisotopic (exact) mass is 397 g/mol. The van der Waals surface area contributed by atoms with Crippen LogP contribution in [-0.2, 0) is 21.7 Å². The van der Waals surface area contributed by atoms with Gasteiger partial charge < -0.3 is 10.6 Å². The molecule has 2 aromatic carbocycles. The second-order valence-corrected chi connectivity index (χ2v) is 7.59. The van der Waals surface area contributed by atoms with Crippen molar-refractivity contribution in [1.29, 1.82) is 0 Å². The van der Waals surface area contributed by atoms with E-state index >= 15 is 0 Å². The molecule has 0 aromatic heterocycles. The third kappa shape index (κ3) is 4.13. The first-order valence-electron chi connectivity index (χ1n) is 9.47. The average Bonchev–Trinajstić information content (AvgIpc) is 2.91. The normalized spacial score (nSPS) is 18.9. The van der Waals surface area contributed by atoms with Crippen molar-refractivity contribution < 1.29 is 18.8 Å². The van der Waals surface area contributed by atoms with E-state index in [-0.39, 0.29) is 6.54 Å². The molecule has 1 atom stereocenters. The van der Waals surface area contributed by atoms with Gasteiger partial charge in [-0.05, 0) is 30.0 Å². The molecule has 1 aliphatic rings. The van der Waals surface area contributed by atoms with Gasteiger partial charge in [-0.3, -0.25) is 14.5 Å². The zero-order valence-electron chi connectivity index (χ0n) is 16.7. The zero-order valence-corrected chi connectivity index (χ0v) is 16.7. The van der Waals surface area contributed by atoms with Gasteiger partial charge in [0.05, 0.1) is 0 Å². The summed E-state index contributed by atoms with van der Waals surface area (Å²) >= 11 is 0. The molecule has 4 amide bonds. The molecule has 3 rings (SSSR count). The van der Waals surface area contributed by atoms with Gasteiger partial charge in [0.25, 0.3) is 5.91 Å². The fourth-order valence-corrected chi connectivity index (χ4v) is 3.27. The van der Waals surface area contributed by atoms with Crippen molar-refractivity contribution in [3.05, 3.63) is 71.0 Å². The number of hydrogen-bond donors (Lipinski definition) is 2. The maximum Gasteiger partial charge on any atom is 0.325 e. The summed E-state index contributed by atoms with van der Waals surface area (Å²) in [6, 6.07) is 12.9. The van der Waals surface area contributed by atoms with Crippen LogP contribution in [0, 0.1) is 5.82 Å². The van der Waals surface area contributed by atoms with Crippen molar-refractivity contribution in [1.82, 2.24) is 15.5 Å². The SMILES string of the molecule is CC(C)c1ccc([C@]2(C)NC(=O)N(CC(=O)NCc3ccccc3F)C2=O)cc1. The lowest BCUT2D eigenvalue weighted by molar-refractivity contribution is -0.134. The van der Waals surface area contributed by atoms with Gasteiger partial charge in [-0.25, -0.2) is 9.18 Å². The van der Waals surface area contributed by atoms with Gasteiger partial charge >= 0.3 is 6.03 Å². The van der Waals surface area contributed by atoms with Crippen LogP contribution in [0.15, 0.2) is 48.5 Å². The average molecular weight is 397 g/mol. The molecule has 7 heteroatoms. The van der Waals surface area contributed by atoms with Crippen LogP contribution in [0.2, 0.25) is 0 Å². The number of benzene rings is 2. The lowest BCUT2D eigenvalue weighted by Crippen LogP contribution is -2.43. The molecule has 0 unspecified atom stereocenters. The lowest BCUT2D eigenvalue weighted by Gasteiger charge is -2.22. The molecule has 1 heterocycles. The topological polar surface area (TPSA) is 78.5 Å². The van der Waals surface area contributed by atoms with Crippen LogP contribution in [0.4, 0.5) is 9.18 Å². The number of imide groups is 1. The van der Waals surface area contributed by atoms with Gasteiger partial charge in [-0.2, -0.15) is 0 Å². The number of carbonyl (C=O) groups excluding carboxylic acids is 3. The third-order valence-corrected chi connectivity index (χ3v) is 5.17. The van der Waals surface area contributed by atoms with E-state index < -0.39 is 35.7 Å². The number of carbonyl (C=O) groups is 3. The van der Waals surface area contributed by atoms with Crippen molar-refractivity contribution in [2.24, 2.45) is 0 Å². The molecule has 0 saturated carbocycles. The first-order chi connectivity index (χ1) is 13.7. The number of urea groups is 1. The summed E-state index contributed by atoms with van der Waals surface area (Å²) in [6.45, 7) is 5.30. The molecular weight excluding hydrogens is 373 g/mol. The van der Waals surface area contributed by atoms with Crippen molar-refractivity contribution in [3.63, 3.8) is 0 Å². The Balaban J connectivity index is 1.68. The summed E-state index contributed by atoms with van der Waals surface area (Å²) in [5.74, 6) is -1.13. The van der Waals surface area contributed by atoms with Crippen LogP contribution < -0.4 is 10.6 Å². The van der Waals surface area contributed by atoms with E-state index in [0.717, 1.165) is 10.5 Å². The Morgan fingerprint density at radius 3 is 2.41 bits per heavy atom. The molecule has 1 saturated heterocycles. The molecule has 1 fully saturated rings. The second kappa shape index (κ2) is 8.03. The highest BCUT2D eigenvalue weighted by molar-refractivity contribution is 6.09. The fourth-order valence-electron chi connectivity index (χ4n) is 3.27. The van der Waals surface area contributed by atoms with E-state index in [4.69, 9.17) is 0 Å². The number of halogens is 1. The quantitative estimate of drug-likeness (QED) is 0.736. The minimum absolute atomic E-state index is 0.0247. The molecule has 6 nitrogen and oxygen atoms in total. The predicted octanol–water partition coefficient (Wildman–Crippen LogP) is 3.03. The van der Waals surface area contributed by atoms with E-state index in [2.05, 4.69) is 24.5 Å². The van der Waals surface area contributed by atoms with E-state index in [9.17, 15) is 18.8 Å². The highest BCUT2D eigenvalue weighted by atomic mass is 19.1. The predicted molar refractivity (Wildman–Crippen MR) is 106 cm³/mol. The van der Waals surface area contributed by atoms with Crippen LogP contribution in [0.1, 0.15) is 43.4 Å². The Morgan fingerprint density at radius 2 is 1.79 bits per heavy atom. The standard InChI is InChI=1S/C22H24FN3O3/c1-14(2)15-8-10-17(11-9-15)22(3)20(28)26(21(29)25-22)13-19(27)24-12-16-6-4-5-7-18(16)23/h4-11,14H,12-13H2,1-3H3,(H,24,27)(H,25,29)/t22-/m0/s1. The van der Waals surface area contributed by atoms with Crippen molar-refractivity contribution in [3.8, 4) is 0 Å². The third-order valence-electron chi connectivity index (χ3n) is 5.17. The molecular formula is C22H24FN3O3. The van der Waals surface area contributed by atoms with Crippen LogP contribution >= 0.6 is 0 Å². The first-order valence-corrected chi connectivity index (χ1v) is 9.47. The van der Waals surface area contributed by atoms with E-state index in [1.807, 2.05) is 24.3 Å². The Bertz CT molecular complexity index is 943. The largest absolute Gasteiger partial charge is 0.350 e. The lowest BCUT2D eigenvalue weighted by atomic mass is 9.90. The summed E-state index contributed by atoms with van der Waals surface area (Å²) in [4.78, 5) is 38.4. The number of nitrogens with zero attached hydrogens (tertiary/aromatic N) is 1. The smallest absolute Gasteiger partial charge is 0.325 e. The minimum Gasteiger partial charge on any atom is -0.350 e. The molecule has 2 N–H and O–H groups in total. The number of nitrogens with one attached hydrogen (secondary N) is 2. The molecule has 152 valence electrons. The highest BCUT2D eigenvalue weighted by Crippen LogP contribution is 2.29. The van der Waals surface area contributed by atoms with Gasteiger partial charge in [0, 0.05) is 12.1 Å². The molecule has 1 aliphatic heterocycles. The van der Waals surface area contributed by atoms with Crippen molar-refractivity contribution >= 4 is 17.8 Å². The van der Waals surface area contributed by atoms with Crippen LogP contribution in [-0.4, -0.2) is 29.3 Å². The summed E-state index contributed by atoms with van der Waals surface area (Å²) in [5, 5.41) is 5.22. The summed E-state index contributed by atoms with van der Waals surface area (Å²) in [5.41, 5.74) is 0.861. The number of amides is 4. The Kier molecular flexibility index (Phi) is 5.68. The molecule has 0 bridgehead atoms. The number of hydrogen-bond acceptors (Lipinski definition) is 3. The zero-order chi connectivity index (χ0) is 21.2. The maximum absolute atomic E-state index is 13.7. The van der Waals surface area contributed by atoms with E-state index in [1.54, 1.807) is 25.1 Å². The van der Waals surface area contributed by atoms with Gasteiger partial charge in [0.2, 0.25) is 5.91 Å². The van der Waals surface area contributed by atoms with Gasteiger partial charge in [0.1, 0.15) is 17.9 Å². The number of rotatable bonds is 6. The van der Waals surface area contributed by atoms with Crippen molar-refractivity contribution in [2.75, 3.05) is 6.54 Å². The second-order valence-electron chi connectivity index (χ2n) is 7.59. The summed E-state index contributed by atoms with van der Waals surface area (Å²) in [6.07, 6.45) is 0. The van der Waals surface area contributed by atoms with Crippen LogP contribution in [0.25, 0.3) is 0 Å². The molecule has 0 aliphatic carbocycles. The summed E-state index contributed by atoms with van der Waals surface area (Å²) < 4.78 is 13.7. The fraction of sp³-hybridized carbons (Fsp3) is 0.318. The summed E-state index contributed by atoms with van der Waals surface area (Å²) in [7, 11) is 0. The van der Waals surface area contributed by atoms with Gasteiger partial charge in [-0.15, -0.1) is 0 Å². The Hall–Kier alpha value is -3.22. The van der Waals surface area contributed by atoms with E-state index in [1.165, 1.54) is 6.07 Å². The highest BCUT2D eigenvalue weighted by Gasteiger charge is 2.49. The van der Waals surface area contributed by atoms with Crippen LogP contribution in [0.5, 0.6) is 0 Å². The molecule has 0 radical (unpaired) electrons. The van der Waals surface area contributed by atoms with Crippen molar-refractivity contribution in [2.45, 2.75) is 38.8 Å². The minimum atomic E-state index is -1.24. The molecule has 2 aromatic rings. The molecule has 0 spiro atoms. The van der Waals surface area contributed by atoms with Gasteiger partial charge in [0.15, 0.2) is 0 Å². The first kappa shape index (κ1) is 20.5. The van der Waals surface area contributed by atoms with Crippen LogP contribution in [0.3, 0.4) is 0 Å². The van der Waals surface area contributed by atoms with Gasteiger partial charge in [-0.1, -0.05) is 56.3 Å². The maximum atomic E-state index is 13.7.